The van der Waals surface area contributed by atoms with E-state index < -0.39 is 0 Å². The average Bonchev–Trinajstić information content (AvgIpc) is 3.23. The number of carbonyl (C=O) groups is 2. The van der Waals surface area contributed by atoms with Gasteiger partial charge < -0.3 is 19.7 Å². The Labute approximate surface area is 157 Å². The fourth-order valence-electron chi connectivity index (χ4n) is 3.36. The van der Waals surface area contributed by atoms with Crippen molar-refractivity contribution >= 4 is 17.5 Å². The van der Waals surface area contributed by atoms with E-state index in [1.165, 1.54) is 0 Å². The van der Waals surface area contributed by atoms with Crippen molar-refractivity contribution in [2.45, 2.75) is 19.4 Å². The summed E-state index contributed by atoms with van der Waals surface area (Å²) in [6, 6.07) is 12.8. The Bertz CT molecular complexity index is 903. The summed E-state index contributed by atoms with van der Waals surface area (Å²) >= 11 is 0. The normalized spacial score (nSPS) is 15.7. The molecule has 2 aromatic rings. The highest BCUT2D eigenvalue weighted by Gasteiger charge is 2.30. The van der Waals surface area contributed by atoms with Gasteiger partial charge in [-0.15, -0.1) is 0 Å². The summed E-state index contributed by atoms with van der Waals surface area (Å²) in [6.07, 6.45) is 0.202. The minimum absolute atomic E-state index is 0.104. The number of amides is 2. The Morgan fingerprint density at radius 1 is 1.19 bits per heavy atom. The number of hydrogen-bond donors (Lipinski definition) is 1. The van der Waals surface area contributed by atoms with Crippen LogP contribution in [0, 0.1) is 0 Å². The number of hydrogen-bond acceptors (Lipinski definition) is 4. The maximum Gasteiger partial charge on any atom is 0.258 e. The topological polar surface area (TPSA) is 67.9 Å². The molecule has 0 spiro atoms. The summed E-state index contributed by atoms with van der Waals surface area (Å²) < 4.78 is 10.7. The Balaban J connectivity index is 1.35. The predicted octanol–water partition coefficient (Wildman–Crippen LogP) is 3.11. The fraction of sp³-hybridized carbons (Fsp3) is 0.238. The van der Waals surface area contributed by atoms with Crippen molar-refractivity contribution < 1.29 is 19.1 Å². The van der Waals surface area contributed by atoms with Crippen LogP contribution in [0.1, 0.15) is 40.9 Å². The molecule has 0 bridgehead atoms. The molecular weight excluding hydrogens is 344 g/mol. The van der Waals surface area contributed by atoms with Crippen molar-refractivity contribution in [3.63, 3.8) is 0 Å². The number of carbonyl (C=O) groups excluding carboxylic acids is 2. The van der Waals surface area contributed by atoms with Crippen LogP contribution in [0.15, 0.2) is 49.0 Å². The van der Waals surface area contributed by atoms with Gasteiger partial charge in [-0.05, 0) is 30.7 Å². The van der Waals surface area contributed by atoms with Crippen molar-refractivity contribution in [1.29, 1.82) is 0 Å². The summed E-state index contributed by atoms with van der Waals surface area (Å²) in [7, 11) is 0. The first-order valence-electron chi connectivity index (χ1n) is 8.83. The quantitative estimate of drug-likeness (QED) is 0.885. The molecule has 27 heavy (non-hydrogen) atoms. The fourth-order valence-corrected chi connectivity index (χ4v) is 3.36. The molecule has 6 nitrogen and oxygen atoms in total. The van der Waals surface area contributed by atoms with Crippen LogP contribution < -0.4 is 14.8 Å². The smallest absolute Gasteiger partial charge is 0.258 e. The van der Waals surface area contributed by atoms with E-state index in [9.17, 15) is 9.59 Å². The molecule has 0 saturated heterocycles. The standard InChI is InChI=1S/C21H20N2O4/c1-13(15-7-8-18-19(11-15)27-12-26-18)22-20(24)9-10-23-14(2)16-5-3-4-6-17(16)21(23)25/h3-8,11,13H,2,9-10,12H2,1H3,(H,22,24). The zero-order valence-corrected chi connectivity index (χ0v) is 15.0. The van der Waals surface area contributed by atoms with Crippen LogP contribution in [0.3, 0.4) is 0 Å². The molecule has 0 aromatic heterocycles. The number of nitrogens with zero attached hydrogens (tertiary/aromatic N) is 1. The summed E-state index contributed by atoms with van der Waals surface area (Å²) in [5.74, 6) is 1.16. The number of nitrogens with one attached hydrogen (secondary N) is 1. The van der Waals surface area contributed by atoms with E-state index in [0.29, 0.717) is 29.3 Å². The van der Waals surface area contributed by atoms with Gasteiger partial charge in [-0.2, -0.15) is 0 Å². The Morgan fingerprint density at radius 2 is 1.93 bits per heavy atom. The van der Waals surface area contributed by atoms with E-state index in [2.05, 4.69) is 11.9 Å². The lowest BCUT2D eigenvalue weighted by Gasteiger charge is -2.19. The maximum absolute atomic E-state index is 12.5. The molecule has 1 atom stereocenters. The molecule has 2 heterocycles. The van der Waals surface area contributed by atoms with Gasteiger partial charge in [-0.25, -0.2) is 0 Å². The maximum atomic E-state index is 12.5. The Hall–Kier alpha value is -3.28. The van der Waals surface area contributed by atoms with Crippen LogP contribution in [0.2, 0.25) is 0 Å². The second-order valence-electron chi connectivity index (χ2n) is 6.60. The zero-order valence-electron chi connectivity index (χ0n) is 15.0. The molecule has 2 amide bonds. The van der Waals surface area contributed by atoms with Crippen molar-refractivity contribution in [3.8, 4) is 11.5 Å². The molecule has 6 heteroatoms. The monoisotopic (exact) mass is 364 g/mol. The van der Waals surface area contributed by atoms with E-state index >= 15 is 0 Å². The molecule has 4 rings (SSSR count). The van der Waals surface area contributed by atoms with Crippen LogP contribution in [0.4, 0.5) is 0 Å². The molecular formula is C21H20N2O4. The first kappa shape index (κ1) is 17.1. The molecule has 2 aromatic carbocycles. The average molecular weight is 364 g/mol. The Kier molecular flexibility index (Phi) is 4.32. The highest BCUT2D eigenvalue weighted by molar-refractivity contribution is 6.08. The third kappa shape index (κ3) is 3.14. The minimum atomic E-state index is -0.179. The van der Waals surface area contributed by atoms with Crippen molar-refractivity contribution in [1.82, 2.24) is 10.2 Å². The van der Waals surface area contributed by atoms with Crippen molar-refractivity contribution in [3.05, 3.63) is 65.7 Å². The molecule has 1 unspecified atom stereocenters. The van der Waals surface area contributed by atoms with Crippen LogP contribution in [-0.2, 0) is 4.79 Å². The molecule has 0 radical (unpaired) electrons. The summed E-state index contributed by atoms with van der Waals surface area (Å²) in [5.41, 5.74) is 3.04. The number of ether oxygens (including phenoxy) is 2. The van der Waals surface area contributed by atoms with Gasteiger partial charge in [0.05, 0.1) is 6.04 Å². The minimum Gasteiger partial charge on any atom is -0.454 e. The van der Waals surface area contributed by atoms with Crippen molar-refractivity contribution in [2.75, 3.05) is 13.3 Å². The highest BCUT2D eigenvalue weighted by atomic mass is 16.7. The first-order chi connectivity index (χ1) is 13.0. The molecule has 2 aliphatic rings. The lowest BCUT2D eigenvalue weighted by molar-refractivity contribution is -0.121. The molecule has 0 fully saturated rings. The van der Waals surface area contributed by atoms with Gasteiger partial charge in [0, 0.05) is 29.8 Å². The Morgan fingerprint density at radius 3 is 2.70 bits per heavy atom. The second-order valence-corrected chi connectivity index (χ2v) is 6.60. The van der Waals surface area contributed by atoms with Gasteiger partial charge in [0.15, 0.2) is 11.5 Å². The van der Waals surface area contributed by atoms with E-state index in [1.807, 2.05) is 43.3 Å². The van der Waals surface area contributed by atoms with Crippen LogP contribution in [-0.4, -0.2) is 30.1 Å². The van der Waals surface area contributed by atoms with Crippen LogP contribution in [0.5, 0.6) is 11.5 Å². The van der Waals surface area contributed by atoms with Gasteiger partial charge in [-0.3, -0.25) is 9.59 Å². The molecule has 2 aliphatic heterocycles. The zero-order chi connectivity index (χ0) is 19.0. The third-order valence-corrected chi connectivity index (χ3v) is 4.88. The van der Waals surface area contributed by atoms with E-state index in [4.69, 9.17) is 9.47 Å². The lowest BCUT2D eigenvalue weighted by atomic mass is 10.1. The molecule has 0 saturated carbocycles. The number of benzene rings is 2. The van der Waals surface area contributed by atoms with Gasteiger partial charge in [-0.1, -0.05) is 30.8 Å². The number of rotatable bonds is 5. The largest absolute Gasteiger partial charge is 0.454 e. The van der Waals surface area contributed by atoms with Gasteiger partial charge in [0.2, 0.25) is 12.7 Å². The second kappa shape index (κ2) is 6.79. The third-order valence-electron chi connectivity index (χ3n) is 4.88. The summed E-state index contributed by atoms with van der Waals surface area (Å²) in [6.45, 7) is 6.42. The van der Waals surface area contributed by atoms with E-state index in [1.54, 1.807) is 11.0 Å². The number of fused-ring (bicyclic) bond motifs is 2. The molecule has 138 valence electrons. The van der Waals surface area contributed by atoms with E-state index in [0.717, 1.165) is 11.1 Å². The predicted molar refractivity (Wildman–Crippen MR) is 100 cm³/mol. The summed E-state index contributed by atoms with van der Waals surface area (Å²) in [5, 5.41) is 2.96. The van der Waals surface area contributed by atoms with Crippen molar-refractivity contribution in [2.24, 2.45) is 0 Å². The van der Waals surface area contributed by atoms with Crippen LogP contribution >= 0.6 is 0 Å². The first-order valence-corrected chi connectivity index (χ1v) is 8.83. The summed E-state index contributed by atoms with van der Waals surface area (Å²) in [4.78, 5) is 26.4. The van der Waals surface area contributed by atoms with E-state index in [-0.39, 0.29) is 31.1 Å². The highest BCUT2D eigenvalue weighted by Crippen LogP contribution is 2.34. The molecule has 1 N–H and O–H groups in total. The SMILES string of the molecule is C=C1c2ccccc2C(=O)N1CCC(=O)NC(C)c1ccc2c(c1)OCO2. The van der Waals surface area contributed by atoms with Gasteiger partial charge in [0.1, 0.15) is 0 Å². The van der Waals surface area contributed by atoms with Crippen LogP contribution in [0.25, 0.3) is 5.70 Å². The molecule has 0 aliphatic carbocycles. The van der Waals surface area contributed by atoms with Gasteiger partial charge in [0.25, 0.3) is 5.91 Å². The lowest BCUT2D eigenvalue weighted by Crippen LogP contribution is -2.32. The van der Waals surface area contributed by atoms with Gasteiger partial charge >= 0.3 is 0 Å².